The van der Waals surface area contributed by atoms with Crippen molar-refractivity contribution in [2.75, 3.05) is 38.6 Å². The first kappa shape index (κ1) is 16.2. The summed E-state index contributed by atoms with van der Waals surface area (Å²) >= 11 is 0. The Morgan fingerprint density at radius 3 is 2.92 bits per heavy atom. The maximum absolute atomic E-state index is 13.8. The van der Waals surface area contributed by atoms with Crippen LogP contribution >= 0.6 is 0 Å². The quantitative estimate of drug-likeness (QED) is 0.915. The maximum atomic E-state index is 13.8. The Hall–Kier alpha value is -1.27. The van der Waals surface area contributed by atoms with Gasteiger partial charge in [-0.1, -0.05) is 6.42 Å². The second kappa shape index (κ2) is 6.56. The summed E-state index contributed by atoms with van der Waals surface area (Å²) in [6, 6.07) is 0. The van der Waals surface area contributed by atoms with E-state index < -0.39 is 0 Å². The van der Waals surface area contributed by atoms with Crippen LogP contribution in [-0.2, 0) is 11.2 Å². The van der Waals surface area contributed by atoms with Crippen LogP contribution in [0.5, 0.6) is 0 Å². The average Bonchev–Trinajstić information content (AvgIpc) is 2.69. The number of nitrogens with two attached hydrogens (primary N) is 1. The lowest BCUT2D eigenvalue weighted by Crippen LogP contribution is -2.49. The molecule has 6 heteroatoms. The topological polar surface area (TPSA) is 64.3 Å². The molecule has 4 rings (SSSR count). The molecule has 1 spiro atoms. The standard InChI is InChI=1S/C18H27FN4O/c19-15-9-21-17(20)22-16(15)6-14-7-18(8-14)11-23(4-5-24-12-18)10-13-2-1-3-13/h9,13-14H,1-8,10-12H2,(H2,20,21,22). The molecule has 0 atom stereocenters. The van der Waals surface area contributed by atoms with Gasteiger partial charge in [-0.25, -0.2) is 14.4 Å². The Balaban J connectivity index is 1.34. The van der Waals surface area contributed by atoms with E-state index in [-0.39, 0.29) is 17.2 Å². The Morgan fingerprint density at radius 2 is 2.17 bits per heavy atom. The summed E-state index contributed by atoms with van der Waals surface area (Å²) in [4.78, 5) is 10.4. The minimum atomic E-state index is -0.339. The molecule has 0 bridgehead atoms. The molecule has 132 valence electrons. The predicted molar refractivity (Wildman–Crippen MR) is 89.9 cm³/mol. The van der Waals surface area contributed by atoms with Crippen LogP contribution in [0.15, 0.2) is 6.20 Å². The second-order valence-electron chi connectivity index (χ2n) is 8.09. The van der Waals surface area contributed by atoms with Crippen LogP contribution in [0.1, 0.15) is 37.8 Å². The van der Waals surface area contributed by atoms with Gasteiger partial charge in [0.25, 0.3) is 0 Å². The molecular weight excluding hydrogens is 307 g/mol. The van der Waals surface area contributed by atoms with Gasteiger partial charge < -0.3 is 15.4 Å². The molecule has 1 saturated heterocycles. The number of anilines is 1. The molecule has 1 aromatic rings. The second-order valence-corrected chi connectivity index (χ2v) is 8.09. The molecule has 2 saturated carbocycles. The number of hydrogen-bond acceptors (Lipinski definition) is 5. The van der Waals surface area contributed by atoms with Gasteiger partial charge in [-0.05, 0) is 43.9 Å². The Morgan fingerprint density at radius 1 is 1.33 bits per heavy atom. The Labute approximate surface area is 142 Å². The fraction of sp³-hybridized carbons (Fsp3) is 0.778. The molecule has 24 heavy (non-hydrogen) atoms. The summed E-state index contributed by atoms with van der Waals surface area (Å²) < 4.78 is 19.7. The lowest BCUT2D eigenvalue weighted by molar-refractivity contribution is -0.0318. The van der Waals surface area contributed by atoms with E-state index in [1.807, 2.05) is 0 Å². The molecule has 0 amide bonds. The molecule has 2 aliphatic carbocycles. The number of rotatable bonds is 4. The third kappa shape index (κ3) is 3.40. The highest BCUT2D eigenvalue weighted by Crippen LogP contribution is 2.48. The van der Waals surface area contributed by atoms with Gasteiger partial charge in [-0.15, -0.1) is 0 Å². The summed E-state index contributed by atoms with van der Waals surface area (Å²) in [6.07, 6.45) is 8.21. The van der Waals surface area contributed by atoms with E-state index >= 15 is 0 Å². The van der Waals surface area contributed by atoms with Gasteiger partial charge in [0.2, 0.25) is 5.95 Å². The summed E-state index contributed by atoms with van der Waals surface area (Å²) in [5.41, 5.74) is 6.31. The van der Waals surface area contributed by atoms with E-state index in [9.17, 15) is 4.39 Å². The zero-order valence-electron chi connectivity index (χ0n) is 14.2. The van der Waals surface area contributed by atoms with Crippen LogP contribution in [-0.4, -0.2) is 47.7 Å². The van der Waals surface area contributed by atoms with Gasteiger partial charge in [0.15, 0.2) is 5.82 Å². The van der Waals surface area contributed by atoms with Gasteiger partial charge in [0.05, 0.1) is 25.1 Å². The average molecular weight is 334 g/mol. The number of ether oxygens (including phenoxy) is 1. The Kier molecular flexibility index (Phi) is 4.43. The number of nitrogens with zero attached hydrogens (tertiary/aromatic N) is 3. The van der Waals surface area contributed by atoms with Crippen molar-refractivity contribution in [3.63, 3.8) is 0 Å². The fourth-order valence-corrected chi connectivity index (χ4v) is 4.67. The lowest BCUT2D eigenvalue weighted by atomic mass is 9.60. The van der Waals surface area contributed by atoms with Crippen molar-refractivity contribution >= 4 is 5.95 Å². The normalized spacial score (nSPS) is 31.5. The van der Waals surface area contributed by atoms with Crippen molar-refractivity contribution in [1.82, 2.24) is 14.9 Å². The van der Waals surface area contributed by atoms with Crippen molar-refractivity contribution in [2.24, 2.45) is 17.3 Å². The van der Waals surface area contributed by atoms with E-state index in [4.69, 9.17) is 10.5 Å². The third-order valence-electron chi connectivity index (χ3n) is 6.02. The molecule has 0 aromatic carbocycles. The number of hydrogen-bond donors (Lipinski definition) is 1. The van der Waals surface area contributed by atoms with Crippen LogP contribution < -0.4 is 5.73 Å². The zero-order chi connectivity index (χ0) is 16.6. The van der Waals surface area contributed by atoms with Crippen molar-refractivity contribution in [3.05, 3.63) is 17.7 Å². The molecule has 2 N–H and O–H groups in total. The molecule has 0 unspecified atom stereocenters. The molecule has 3 fully saturated rings. The van der Waals surface area contributed by atoms with Gasteiger partial charge in [-0.2, -0.15) is 0 Å². The van der Waals surface area contributed by atoms with Crippen molar-refractivity contribution in [3.8, 4) is 0 Å². The van der Waals surface area contributed by atoms with Crippen LogP contribution in [0.4, 0.5) is 10.3 Å². The maximum Gasteiger partial charge on any atom is 0.220 e. The van der Waals surface area contributed by atoms with E-state index in [1.165, 1.54) is 32.0 Å². The van der Waals surface area contributed by atoms with Crippen LogP contribution in [0, 0.1) is 23.1 Å². The van der Waals surface area contributed by atoms with E-state index in [0.29, 0.717) is 18.0 Å². The smallest absolute Gasteiger partial charge is 0.220 e. The van der Waals surface area contributed by atoms with Gasteiger partial charge in [-0.3, -0.25) is 0 Å². The molecular formula is C18H27FN4O. The summed E-state index contributed by atoms with van der Waals surface area (Å²) in [6.45, 7) is 5.11. The van der Waals surface area contributed by atoms with Crippen LogP contribution in [0.25, 0.3) is 0 Å². The van der Waals surface area contributed by atoms with Crippen LogP contribution in [0.2, 0.25) is 0 Å². The highest BCUT2D eigenvalue weighted by atomic mass is 19.1. The molecule has 5 nitrogen and oxygen atoms in total. The van der Waals surface area contributed by atoms with E-state index in [0.717, 1.165) is 45.1 Å². The first-order chi connectivity index (χ1) is 11.6. The molecule has 3 aliphatic rings. The van der Waals surface area contributed by atoms with Crippen molar-refractivity contribution in [2.45, 2.75) is 38.5 Å². The van der Waals surface area contributed by atoms with Gasteiger partial charge in [0.1, 0.15) is 0 Å². The molecule has 1 aliphatic heterocycles. The van der Waals surface area contributed by atoms with E-state index in [1.54, 1.807) is 0 Å². The first-order valence-corrected chi connectivity index (χ1v) is 9.19. The minimum Gasteiger partial charge on any atom is -0.379 e. The monoisotopic (exact) mass is 334 g/mol. The largest absolute Gasteiger partial charge is 0.379 e. The van der Waals surface area contributed by atoms with E-state index in [2.05, 4.69) is 14.9 Å². The summed E-state index contributed by atoms with van der Waals surface area (Å²) in [5, 5.41) is 0. The highest BCUT2D eigenvalue weighted by Gasteiger charge is 2.46. The van der Waals surface area contributed by atoms with Crippen molar-refractivity contribution in [1.29, 1.82) is 0 Å². The molecule has 0 radical (unpaired) electrons. The van der Waals surface area contributed by atoms with Gasteiger partial charge >= 0.3 is 0 Å². The zero-order valence-corrected chi connectivity index (χ0v) is 14.2. The predicted octanol–water partition coefficient (Wildman–Crippen LogP) is 2.27. The first-order valence-electron chi connectivity index (χ1n) is 9.19. The number of halogens is 1. The summed E-state index contributed by atoms with van der Waals surface area (Å²) in [5.74, 6) is 1.19. The number of aromatic nitrogens is 2. The fourth-order valence-electron chi connectivity index (χ4n) is 4.67. The number of nitrogen functional groups attached to an aromatic ring is 1. The molecule has 1 aromatic heterocycles. The Bertz CT molecular complexity index is 586. The highest BCUT2D eigenvalue weighted by molar-refractivity contribution is 5.19. The third-order valence-corrected chi connectivity index (χ3v) is 6.02. The minimum absolute atomic E-state index is 0.157. The SMILES string of the molecule is Nc1ncc(F)c(CC2CC3(COCCN(CC4CCC4)C3)C2)n1. The van der Waals surface area contributed by atoms with Crippen LogP contribution in [0.3, 0.4) is 0 Å². The molecule has 2 heterocycles. The van der Waals surface area contributed by atoms with Gasteiger partial charge in [0, 0.05) is 25.0 Å². The summed E-state index contributed by atoms with van der Waals surface area (Å²) in [7, 11) is 0. The lowest BCUT2D eigenvalue weighted by Gasteiger charge is -2.49. The van der Waals surface area contributed by atoms with Crippen molar-refractivity contribution < 1.29 is 9.13 Å².